The predicted molar refractivity (Wildman–Crippen MR) is 115 cm³/mol. The molecule has 0 spiro atoms. The molecular weight excluding hydrogens is 435 g/mol. The van der Waals surface area contributed by atoms with Crippen LogP contribution in [0.25, 0.3) is 10.1 Å². The van der Waals surface area contributed by atoms with Gasteiger partial charge in [-0.25, -0.2) is 0 Å². The number of benzene rings is 2. The summed E-state index contributed by atoms with van der Waals surface area (Å²) in [6.45, 7) is 3.59. The summed E-state index contributed by atoms with van der Waals surface area (Å²) in [5, 5.41) is 8.34. The lowest BCUT2D eigenvalue weighted by Crippen LogP contribution is -2.16. The van der Waals surface area contributed by atoms with Crippen LogP contribution >= 0.6 is 34.5 Å². The zero-order valence-corrected chi connectivity index (χ0v) is 18.3. The topological polar surface area (TPSA) is 52.0 Å². The number of nitrogens with zero attached hydrogens (tertiary/aromatic N) is 2. The van der Waals surface area contributed by atoms with Gasteiger partial charge in [-0.2, -0.15) is 17.6 Å². The van der Waals surface area contributed by atoms with E-state index in [1.54, 1.807) is 36.5 Å². The number of thiophene rings is 1. The van der Waals surface area contributed by atoms with Crippen LogP contribution in [0.15, 0.2) is 52.7 Å². The molecule has 2 heterocycles. The molecule has 0 saturated carbocycles. The Morgan fingerprint density at radius 3 is 2.61 bits per heavy atom. The normalized spacial score (nSPS) is 12.0. The summed E-state index contributed by atoms with van der Waals surface area (Å²) < 4.78 is 28.4. The molecule has 144 valence electrons. The number of rotatable bonds is 4. The molecule has 2 aromatic carbocycles. The van der Waals surface area contributed by atoms with Crippen molar-refractivity contribution < 1.29 is 8.42 Å². The number of hydrogen-bond donors (Lipinski definition) is 0. The Hall–Kier alpha value is -1.86. The summed E-state index contributed by atoms with van der Waals surface area (Å²) in [6.07, 6.45) is 0.579. The summed E-state index contributed by atoms with van der Waals surface area (Å²) in [5.41, 5.74) is 3.24. The minimum Gasteiger partial charge on any atom is -0.199 e. The molecule has 2 aromatic heterocycles. The molecule has 0 aliphatic heterocycles. The Labute approximate surface area is 177 Å². The first-order valence-electron chi connectivity index (χ1n) is 8.50. The van der Waals surface area contributed by atoms with Gasteiger partial charge in [-0.05, 0) is 60.5 Å². The van der Waals surface area contributed by atoms with Crippen molar-refractivity contribution in [3.05, 3.63) is 80.4 Å². The van der Waals surface area contributed by atoms with E-state index in [9.17, 15) is 8.42 Å². The van der Waals surface area contributed by atoms with Gasteiger partial charge < -0.3 is 0 Å². The fourth-order valence-corrected chi connectivity index (χ4v) is 6.26. The van der Waals surface area contributed by atoms with Crippen LogP contribution in [-0.2, 0) is 16.4 Å². The van der Waals surface area contributed by atoms with Gasteiger partial charge in [-0.1, -0.05) is 35.3 Å². The maximum atomic E-state index is 13.1. The molecule has 28 heavy (non-hydrogen) atoms. The summed E-state index contributed by atoms with van der Waals surface area (Å²) in [6, 6.07) is 12.2. The number of fused-ring (bicyclic) bond motifs is 1. The van der Waals surface area contributed by atoms with Gasteiger partial charge in [-0.15, -0.1) is 11.3 Å². The van der Waals surface area contributed by atoms with Gasteiger partial charge in [0.15, 0.2) is 0 Å². The van der Waals surface area contributed by atoms with Crippen LogP contribution in [-0.4, -0.2) is 17.6 Å². The van der Waals surface area contributed by atoms with Crippen LogP contribution < -0.4 is 0 Å². The van der Waals surface area contributed by atoms with Gasteiger partial charge in [0.2, 0.25) is 0 Å². The van der Waals surface area contributed by atoms with E-state index >= 15 is 0 Å². The molecule has 0 N–H and O–H groups in total. The average Bonchev–Trinajstić information content (AvgIpc) is 3.18. The molecule has 0 aliphatic rings. The lowest BCUT2D eigenvalue weighted by atomic mass is 10.0. The van der Waals surface area contributed by atoms with Crippen molar-refractivity contribution in [1.82, 2.24) is 9.19 Å². The highest BCUT2D eigenvalue weighted by molar-refractivity contribution is 7.90. The third kappa shape index (κ3) is 3.24. The molecule has 4 rings (SSSR count). The van der Waals surface area contributed by atoms with Crippen LogP contribution in [0.4, 0.5) is 0 Å². The zero-order valence-electron chi connectivity index (χ0n) is 15.1. The summed E-state index contributed by atoms with van der Waals surface area (Å²) in [5.74, 6) is 0. The SMILES string of the molecule is Cc1nn(S(=O)(=O)c2ccccc2Cl)c(C)c1Cc1csc2ccc(Cl)cc12. The van der Waals surface area contributed by atoms with E-state index in [-0.39, 0.29) is 9.92 Å². The van der Waals surface area contributed by atoms with Crippen LogP contribution in [0.3, 0.4) is 0 Å². The Morgan fingerprint density at radius 1 is 1.11 bits per heavy atom. The van der Waals surface area contributed by atoms with Crippen LogP contribution in [0.2, 0.25) is 10.0 Å². The third-order valence-corrected chi connectivity index (χ3v) is 8.14. The summed E-state index contributed by atoms with van der Waals surface area (Å²) in [4.78, 5) is 0.0431. The van der Waals surface area contributed by atoms with E-state index in [1.807, 2.05) is 25.1 Å². The van der Waals surface area contributed by atoms with E-state index < -0.39 is 10.0 Å². The van der Waals surface area contributed by atoms with Gasteiger partial charge in [-0.3, -0.25) is 0 Å². The first-order chi connectivity index (χ1) is 13.3. The lowest BCUT2D eigenvalue weighted by Gasteiger charge is -2.08. The van der Waals surface area contributed by atoms with Crippen molar-refractivity contribution in [2.24, 2.45) is 0 Å². The molecule has 0 amide bonds. The molecule has 4 aromatic rings. The van der Waals surface area contributed by atoms with Crippen molar-refractivity contribution in [2.75, 3.05) is 0 Å². The number of aryl methyl sites for hydroxylation is 1. The molecule has 0 bridgehead atoms. The minimum absolute atomic E-state index is 0.0431. The van der Waals surface area contributed by atoms with Crippen LogP contribution in [0.5, 0.6) is 0 Å². The highest BCUT2D eigenvalue weighted by Gasteiger charge is 2.26. The quantitative estimate of drug-likeness (QED) is 0.391. The Balaban J connectivity index is 1.80. The van der Waals surface area contributed by atoms with E-state index in [0.717, 1.165) is 25.3 Å². The Bertz CT molecular complexity index is 1310. The second-order valence-corrected chi connectivity index (χ2v) is 10.00. The maximum Gasteiger partial charge on any atom is 0.284 e. The molecule has 0 fully saturated rings. The summed E-state index contributed by atoms with van der Waals surface area (Å²) in [7, 11) is -3.88. The van der Waals surface area contributed by atoms with Crippen molar-refractivity contribution in [3.63, 3.8) is 0 Å². The summed E-state index contributed by atoms with van der Waals surface area (Å²) >= 11 is 13.9. The monoisotopic (exact) mass is 450 g/mol. The minimum atomic E-state index is -3.88. The Kier molecular flexibility index (Phi) is 5.00. The predicted octanol–water partition coefficient (Wildman–Crippen LogP) is 5.85. The first kappa shape index (κ1) is 19.5. The van der Waals surface area contributed by atoms with Gasteiger partial charge >= 0.3 is 0 Å². The van der Waals surface area contributed by atoms with Gasteiger partial charge in [0, 0.05) is 21.7 Å². The second-order valence-electron chi connectivity index (χ2n) is 6.51. The molecule has 0 atom stereocenters. The lowest BCUT2D eigenvalue weighted by molar-refractivity contribution is 0.578. The van der Waals surface area contributed by atoms with Gasteiger partial charge in [0.05, 0.1) is 16.4 Å². The third-order valence-electron chi connectivity index (χ3n) is 4.73. The van der Waals surface area contributed by atoms with Crippen molar-refractivity contribution in [1.29, 1.82) is 0 Å². The zero-order chi connectivity index (χ0) is 20.1. The van der Waals surface area contributed by atoms with E-state index in [0.29, 0.717) is 22.8 Å². The number of hydrogen-bond acceptors (Lipinski definition) is 4. The molecule has 0 aliphatic carbocycles. The van der Waals surface area contributed by atoms with Crippen molar-refractivity contribution in [2.45, 2.75) is 25.2 Å². The Morgan fingerprint density at radius 2 is 1.86 bits per heavy atom. The standard InChI is InChI=1S/C20H16Cl2N2O2S2/c1-12-16(9-14-11-27-19-8-7-15(21)10-17(14)19)13(2)24(23-12)28(25,26)20-6-4-3-5-18(20)22/h3-8,10-11H,9H2,1-2H3. The van der Waals surface area contributed by atoms with E-state index in [1.165, 1.54) is 6.07 Å². The average molecular weight is 451 g/mol. The van der Waals surface area contributed by atoms with Crippen LogP contribution in [0.1, 0.15) is 22.5 Å². The maximum absolute atomic E-state index is 13.1. The highest BCUT2D eigenvalue weighted by atomic mass is 35.5. The highest BCUT2D eigenvalue weighted by Crippen LogP contribution is 2.32. The van der Waals surface area contributed by atoms with Crippen LogP contribution in [0, 0.1) is 13.8 Å². The van der Waals surface area contributed by atoms with Gasteiger partial charge in [0.1, 0.15) is 4.90 Å². The number of halogens is 2. The molecule has 0 radical (unpaired) electrons. The van der Waals surface area contributed by atoms with E-state index in [4.69, 9.17) is 23.2 Å². The molecular formula is C20H16Cl2N2O2S2. The fourth-order valence-electron chi connectivity index (χ4n) is 3.27. The van der Waals surface area contributed by atoms with E-state index in [2.05, 4.69) is 10.5 Å². The smallest absolute Gasteiger partial charge is 0.199 e. The molecule has 4 nitrogen and oxygen atoms in total. The number of aromatic nitrogens is 2. The first-order valence-corrected chi connectivity index (χ1v) is 11.6. The molecule has 0 unspecified atom stereocenters. The second kappa shape index (κ2) is 7.19. The molecule has 0 saturated heterocycles. The van der Waals surface area contributed by atoms with Gasteiger partial charge in [0.25, 0.3) is 10.0 Å². The largest absolute Gasteiger partial charge is 0.284 e. The van der Waals surface area contributed by atoms with Crippen molar-refractivity contribution >= 4 is 54.6 Å². The fraction of sp³-hybridized carbons (Fsp3) is 0.150. The molecule has 8 heteroatoms. The van der Waals surface area contributed by atoms with Crippen molar-refractivity contribution in [3.8, 4) is 0 Å².